The summed E-state index contributed by atoms with van der Waals surface area (Å²) >= 11 is 0. The van der Waals surface area contributed by atoms with Crippen LogP contribution in [0.5, 0.6) is 0 Å². The minimum absolute atomic E-state index is 0.0364. The van der Waals surface area contributed by atoms with Gasteiger partial charge in [-0.25, -0.2) is 14.6 Å². The Hall–Kier alpha value is -2.19. The number of carboxylic acids is 1. The fourth-order valence-corrected chi connectivity index (χ4v) is 1.50. The summed E-state index contributed by atoms with van der Waals surface area (Å²) in [5.74, 6) is -1.09. The van der Waals surface area contributed by atoms with Crippen LogP contribution < -0.4 is 10.6 Å². The SMILES string of the molecule is COCC(CNC(=O)NCc1ccc(C(=O)O)nc1)OC. The zero-order valence-corrected chi connectivity index (χ0v) is 12.0. The highest BCUT2D eigenvalue weighted by Gasteiger charge is 2.09. The Kier molecular flexibility index (Phi) is 7.13. The number of aromatic nitrogens is 1. The van der Waals surface area contributed by atoms with E-state index in [-0.39, 0.29) is 24.4 Å². The molecule has 0 aliphatic carbocycles. The van der Waals surface area contributed by atoms with Crippen LogP contribution in [0, 0.1) is 0 Å². The third-order valence-corrected chi connectivity index (χ3v) is 2.67. The summed E-state index contributed by atoms with van der Waals surface area (Å²) in [5, 5.41) is 14.0. The van der Waals surface area contributed by atoms with Crippen LogP contribution >= 0.6 is 0 Å². The fraction of sp³-hybridized carbons (Fsp3) is 0.462. The van der Waals surface area contributed by atoms with Crippen molar-refractivity contribution in [2.24, 2.45) is 0 Å². The second-order valence-corrected chi connectivity index (χ2v) is 4.23. The molecule has 8 nitrogen and oxygen atoms in total. The van der Waals surface area contributed by atoms with Gasteiger partial charge in [-0.1, -0.05) is 6.07 Å². The maximum Gasteiger partial charge on any atom is 0.354 e. The molecule has 116 valence electrons. The third kappa shape index (κ3) is 6.19. The molecule has 1 heterocycles. The van der Waals surface area contributed by atoms with Gasteiger partial charge in [-0.05, 0) is 11.6 Å². The smallest absolute Gasteiger partial charge is 0.354 e. The first-order valence-corrected chi connectivity index (χ1v) is 6.28. The molecular formula is C13H19N3O5. The van der Waals surface area contributed by atoms with Crippen molar-refractivity contribution in [3.63, 3.8) is 0 Å². The first kappa shape index (κ1) is 16.9. The number of carboxylic acid groups (broad SMARTS) is 1. The van der Waals surface area contributed by atoms with E-state index in [2.05, 4.69) is 15.6 Å². The molecule has 3 N–H and O–H groups in total. The maximum absolute atomic E-state index is 11.6. The van der Waals surface area contributed by atoms with Crippen molar-refractivity contribution in [3.8, 4) is 0 Å². The molecule has 0 radical (unpaired) electrons. The Morgan fingerprint density at radius 3 is 2.62 bits per heavy atom. The maximum atomic E-state index is 11.6. The van der Waals surface area contributed by atoms with E-state index in [1.165, 1.54) is 12.3 Å². The first-order chi connectivity index (χ1) is 10.1. The summed E-state index contributed by atoms with van der Waals surface area (Å²) < 4.78 is 10.0. The van der Waals surface area contributed by atoms with Gasteiger partial charge in [0.15, 0.2) is 0 Å². The van der Waals surface area contributed by atoms with Crippen LogP contribution in [-0.2, 0) is 16.0 Å². The van der Waals surface area contributed by atoms with Gasteiger partial charge < -0.3 is 25.2 Å². The van der Waals surface area contributed by atoms with Gasteiger partial charge in [0.1, 0.15) is 5.69 Å². The average molecular weight is 297 g/mol. The highest BCUT2D eigenvalue weighted by Crippen LogP contribution is 2.00. The van der Waals surface area contributed by atoms with Crippen LogP contribution in [0.1, 0.15) is 16.1 Å². The lowest BCUT2D eigenvalue weighted by Gasteiger charge is -2.15. The number of pyridine rings is 1. The molecular weight excluding hydrogens is 278 g/mol. The molecule has 8 heteroatoms. The predicted octanol–water partition coefficient (Wildman–Crippen LogP) is 0.240. The Morgan fingerprint density at radius 1 is 1.33 bits per heavy atom. The number of amides is 2. The molecule has 0 fully saturated rings. The third-order valence-electron chi connectivity index (χ3n) is 2.67. The van der Waals surface area contributed by atoms with Crippen LogP contribution in [0.4, 0.5) is 4.79 Å². The largest absolute Gasteiger partial charge is 0.477 e. The van der Waals surface area contributed by atoms with Gasteiger partial charge in [-0.15, -0.1) is 0 Å². The normalized spacial score (nSPS) is 11.7. The zero-order valence-electron chi connectivity index (χ0n) is 12.0. The second-order valence-electron chi connectivity index (χ2n) is 4.23. The van der Waals surface area contributed by atoms with Crippen molar-refractivity contribution in [2.75, 3.05) is 27.4 Å². The molecule has 2 amide bonds. The number of hydrogen-bond acceptors (Lipinski definition) is 5. The minimum atomic E-state index is -1.09. The monoisotopic (exact) mass is 297 g/mol. The number of aromatic carboxylic acids is 1. The standard InChI is InChI=1S/C13H19N3O5/c1-20-8-10(21-2)7-16-13(19)15-6-9-3-4-11(12(17)18)14-5-9/h3-5,10H,6-8H2,1-2H3,(H,17,18)(H2,15,16,19). The van der Waals surface area contributed by atoms with Crippen molar-refractivity contribution in [3.05, 3.63) is 29.6 Å². The summed E-state index contributed by atoms with van der Waals surface area (Å²) in [6.07, 6.45) is 1.20. The lowest BCUT2D eigenvalue weighted by molar-refractivity contribution is 0.0304. The molecule has 0 aliphatic rings. The lowest BCUT2D eigenvalue weighted by atomic mass is 10.2. The second kappa shape index (κ2) is 8.88. The summed E-state index contributed by atoms with van der Waals surface area (Å²) in [6.45, 7) is 0.963. The van der Waals surface area contributed by atoms with Gasteiger partial charge in [0.2, 0.25) is 0 Å². The van der Waals surface area contributed by atoms with Gasteiger partial charge >= 0.3 is 12.0 Å². The van der Waals surface area contributed by atoms with E-state index in [9.17, 15) is 9.59 Å². The zero-order chi connectivity index (χ0) is 15.7. The molecule has 1 unspecified atom stereocenters. The number of nitrogens with zero attached hydrogens (tertiary/aromatic N) is 1. The molecule has 0 saturated carbocycles. The molecule has 1 aromatic heterocycles. The highest BCUT2D eigenvalue weighted by molar-refractivity contribution is 5.85. The number of carbonyl (C=O) groups excluding carboxylic acids is 1. The first-order valence-electron chi connectivity index (χ1n) is 6.28. The van der Waals surface area contributed by atoms with E-state index in [0.717, 1.165) is 0 Å². The Labute approximate surface area is 122 Å². The minimum Gasteiger partial charge on any atom is -0.477 e. The van der Waals surface area contributed by atoms with Gasteiger partial charge in [0, 0.05) is 33.5 Å². The molecule has 0 aliphatic heterocycles. The van der Waals surface area contributed by atoms with E-state index in [4.69, 9.17) is 14.6 Å². The van der Waals surface area contributed by atoms with Crippen molar-refractivity contribution in [2.45, 2.75) is 12.6 Å². The van der Waals surface area contributed by atoms with Crippen LogP contribution in [0.2, 0.25) is 0 Å². The molecule has 0 spiro atoms. The average Bonchev–Trinajstić information content (AvgIpc) is 2.49. The summed E-state index contributed by atoms with van der Waals surface area (Å²) in [4.78, 5) is 26.0. The Morgan fingerprint density at radius 2 is 2.10 bits per heavy atom. The topological polar surface area (TPSA) is 110 Å². The number of methoxy groups -OCH3 is 2. The number of hydrogen-bond donors (Lipinski definition) is 3. The van der Waals surface area contributed by atoms with Gasteiger partial charge in [0.25, 0.3) is 0 Å². The van der Waals surface area contributed by atoms with E-state index >= 15 is 0 Å². The molecule has 1 rings (SSSR count). The molecule has 21 heavy (non-hydrogen) atoms. The van der Waals surface area contributed by atoms with Crippen molar-refractivity contribution >= 4 is 12.0 Å². The van der Waals surface area contributed by atoms with E-state index in [1.807, 2.05) is 0 Å². The molecule has 1 aromatic rings. The lowest BCUT2D eigenvalue weighted by Crippen LogP contribution is -2.41. The van der Waals surface area contributed by atoms with Crippen LogP contribution in [0.3, 0.4) is 0 Å². The van der Waals surface area contributed by atoms with Gasteiger partial charge in [-0.2, -0.15) is 0 Å². The Bertz CT molecular complexity index is 463. The van der Waals surface area contributed by atoms with Crippen molar-refractivity contribution in [1.29, 1.82) is 0 Å². The quantitative estimate of drug-likeness (QED) is 0.634. The fourth-order valence-electron chi connectivity index (χ4n) is 1.50. The van der Waals surface area contributed by atoms with Gasteiger partial charge in [-0.3, -0.25) is 0 Å². The number of carbonyl (C=O) groups is 2. The summed E-state index contributed by atoms with van der Waals surface area (Å²) in [5.41, 5.74) is 0.668. The van der Waals surface area contributed by atoms with E-state index in [0.29, 0.717) is 18.7 Å². The highest BCUT2D eigenvalue weighted by atomic mass is 16.5. The number of urea groups is 1. The van der Waals surface area contributed by atoms with Crippen LogP contribution in [0.15, 0.2) is 18.3 Å². The van der Waals surface area contributed by atoms with Crippen LogP contribution in [-0.4, -0.2) is 55.6 Å². The molecule has 0 aromatic carbocycles. The Balaban J connectivity index is 2.34. The van der Waals surface area contributed by atoms with Gasteiger partial charge in [0.05, 0.1) is 12.7 Å². The summed E-state index contributed by atoms with van der Waals surface area (Å²) in [6, 6.07) is 2.63. The number of ether oxygens (including phenoxy) is 2. The molecule has 0 bridgehead atoms. The number of rotatable bonds is 8. The summed E-state index contributed by atoms with van der Waals surface area (Å²) in [7, 11) is 3.10. The van der Waals surface area contributed by atoms with Crippen molar-refractivity contribution in [1.82, 2.24) is 15.6 Å². The van der Waals surface area contributed by atoms with E-state index < -0.39 is 5.97 Å². The molecule has 0 saturated heterocycles. The van der Waals surface area contributed by atoms with Crippen molar-refractivity contribution < 1.29 is 24.2 Å². The van der Waals surface area contributed by atoms with E-state index in [1.54, 1.807) is 20.3 Å². The van der Waals surface area contributed by atoms with Crippen LogP contribution in [0.25, 0.3) is 0 Å². The molecule has 1 atom stereocenters. The predicted molar refractivity (Wildman–Crippen MR) is 74.1 cm³/mol. The number of nitrogens with one attached hydrogen (secondary N) is 2.